The van der Waals surface area contributed by atoms with Crippen LogP contribution in [0.3, 0.4) is 0 Å². The lowest BCUT2D eigenvalue weighted by Gasteiger charge is -2.15. The van der Waals surface area contributed by atoms with Crippen molar-refractivity contribution in [1.29, 1.82) is 0 Å². The maximum Gasteiger partial charge on any atom is 0.159 e. The third-order valence-electron chi connectivity index (χ3n) is 3.36. The molecule has 20 heavy (non-hydrogen) atoms. The van der Waals surface area contributed by atoms with Crippen molar-refractivity contribution in [3.05, 3.63) is 47.7 Å². The number of benzene rings is 1. The lowest BCUT2D eigenvalue weighted by Crippen LogP contribution is -2.29. The summed E-state index contributed by atoms with van der Waals surface area (Å²) in [5, 5.41) is 7.69. The van der Waals surface area contributed by atoms with Gasteiger partial charge in [0.25, 0.3) is 0 Å². The molecule has 4 nitrogen and oxygen atoms in total. The summed E-state index contributed by atoms with van der Waals surface area (Å²) in [6.45, 7) is 5.90. The van der Waals surface area contributed by atoms with Gasteiger partial charge in [0.1, 0.15) is 5.69 Å². The number of nitrogens with two attached hydrogens (primary N) is 1. The van der Waals surface area contributed by atoms with Crippen LogP contribution in [-0.2, 0) is 13.1 Å². The predicted octanol–water partition coefficient (Wildman–Crippen LogP) is 1.86. The van der Waals surface area contributed by atoms with Crippen LogP contribution in [0.5, 0.6) is 0 Å². The summed E-state index contributed by atoms with van der Waals surface area (Å²) in [7, 11) is 0. The minimum Gasteiger partial charge on any atom is -0.399 e. The van der Waals surface area contributed by atoms with Crippen molar-refractivity contribution >= 4 is 5.70 Å². The molecule has 1 aliphatic rings. The zero-order chi connectivity index (χ0) is 14.3. The topological polar surface area (TPSA) is 55.9 Å². The zero-order valence-corrected chi connectivity index (χ0v) is 10.8. The van der Waals surface area contributed by atoms with E-state index in [4.69, 9.17) is 5.73 Å². The maximum atomic E-state index is 13.4. The fourth-order valence-corrected chi connectivity index (χ4v) is 2.44. The van der Waals surface area contributed by atoms with Gasteiger partial charge < -0.3 is 11.1 Å². The van der Waals surface area contributed by atoms with Gasteiger partial charge in [0, 0.05) is 29.9 Å². The first kappa shape index (κ1) is 12.8. The summed E-state index contributed by atoms with van der Waals surface area (Å²) in [5.74, 6) is -1.78. The molecule has 0 aliphatic carbocycles. The molecule has 0 amide bonds. The molecule has 0 unspecified atom stereocenters. The molecular formula is C14H14F2N4. The second-order valence-electron chi connectivity index (χ2n) is 4.72. The van der Waals surface area contributed by atoms with Gasteiger partial charge in [0.15, 0.2) is 11.6 Å². The lowest BCUT2D eigenvalue weighted by molar-refractivity contribution is 0.475. The van der Waals surface area contributed by atoms with Crippen LogP contribution in [0.2, 0.25) is 0 Å². The normalized spacial score (nSPS) is 14.1. The highest BCUT2D eigenvalue weighted by atomic mass is 19.2. The quantitative estimate of drug-likeness (QED) is 0.880. The monoisotopic (exact) mass is 276 g/mol. The molecule has 0 saturated heterocycles. The van der Waals surface area contributed by atoms with Crippen LogP contribution in [0.4, 0.5) is 8.78 Å². The van der Waals surface area contributed by atoms with E-state index in [0.717, 1.165) is 24.4 Å². The van der Waals surface area contributed by atoms with E-state index in [2.05, 4.69) is 17.0 Å². The van der Waals surface area contributed by atoms with Crippen molar-refractivity contribution in [2.45, 2.75) is 13.1 Å². The summed E-state index contributed by atoms with van der Waals surface area (Å²) in [6, 6.07) is 3.71. The summed E-state index contributed by atoms with van der Waals surface area (Å²) in [4.78, 5) is 0. The summed E-state index contributed by atoms with van der Waals surface area (Å²) in [6.07, 6.45) is 0. The molecule has 0 fully saturated rings. The average Bonchev–Trinajstić information content (AvgIpc) is 2.81. The minimum absolute atomic E-state index is 0.370. The van der Waals surface area contributed by atoms with E-state index >= 15 is 0 Å². The Labute approximate surface area is 114 Å². The van der Waals surface area contributed by atoms with Crippen molar-refractivity contribution in [2.24, 2.45) is 5.73 Å². The van der Waals surface area contributed by atoms with E-state index in [1.807, 2.05) is 4.68 Å². The average molecular weight is 276 g/mol. The molecule has 0 radical (unpaired) electrons. The number of fused-ring (bicyclic) bond motifs is 1. The molecular weight excluding hydrogens is 262 g/mol. The maximum absolute atomic E-state index is 13.4. The van der Waals surface area contributed by atoms with Gasteiger partial charge in [0.2, 0.25) is 0 Å². The molecule has 1 aromatic heterocycles. The number of nitrogens with one attached hydrogen (secondary N) is 1. The van der Waals surface area contributed by atoms with Crippen molar-refractivity contribution in [3.63, 3.8) is 0 Å². The van der Waals surface area contributed by atoms with Crippen LogP contribution in [-0.4, -0.2) is 16.3 Å². The molecule has 0 saturated carbocycles. The Morgan fingerprint density at radius 1 is 1.35 bits per heavy atom. The molecule has 2 aromatic rings. The molecule has 0 atom stereocenters. The highest BCUT2D eigenvalue weighted by molar-refractivity contribution is 5.78. The van der Waals surface area contributed by atoms with E-state index in [-0.39, 0.29) is 0 Å². The third kappa shape index (κ3) is 1.98. The summed E-state index contributed by atoms with van der Waals surface area (Å²) in [5.41, 5.74) is 8.86. The summed E-state index contributed by atoms with van der Waals surface area (Å²) < 4.78 is 28.3. The van der Waals surface area contributed by atoms with Gasteiger partial charge in [-0.2, -0.15) is 5.10 Å². The third-order valence-corrected chi connectivity index (χ3v) is 3.36. The summed E-state index contributed by atoms with van der Waals surface area (Å²) >= 11 is 0. The number of rotatable bonds is 2. The van der Waals surface area contributed by atoms with Crippen LogP contribution in [0.1, 0.15) is 11.3 Å². The van der Waals surface area contributed by atoms with Crippen LogP contribution in [0.15, 0.2) is 24.8 Å². The number of nitrogens with zero attached hydrogens (tertiary/aromatic N) is 2. The molecule has 1 aromatic carbocycles. The van der Waals surface area contributed by atoms with Crippen LogP contribution in [0.25, 0.3) is 17.0 Å². The number of aromatic nitrogens is 2. The molecule has 0 spiro atoms. The standard InChI is InChI=1S/C14H14F2N4/c1-8(17)13-12-7-18-4-5-20(12)19-14(13)9-2-3-10(15)11(16)6-9/h2-3,6,18H,1,4-5,7,17H2. The molecule has 3 N–H and O–H groups in total. The highest BCUT2D eigenvalue weighted by Gasteiger charge is 2.22. The van der Waals surface area contributed by atoms with Crippen LogP contribution >= 0.6 is 0 Å². The highest BCUT2D eigenvalue weighted by Crippen LogP contribution is 2.30. The first-order valence-corrected chi connectivity index (χ1v) is 6.28. The Morgan fingerprint density at radius 2 is 2.15 bits per heavy atom. The van der Waals surface area contributed by atoms with E-state index in [9.17, 15) is 8.78 Å². The van der Waals surface area contributed by atoms with Crippen molar-refractivity contribution < 1.29 is 8.78 Å². The number of hydrogen-bond acceptors (Lipinski definition) is 3. The predicted molar refractivity (Wildman–Crippen MR) is 72.5 cm³/mol. The van der Waals surface area contributed by atoms with Crippen molar-refractivity contribution in [3.8, 4) is 11.3 Å². The van der Waals surface area contributed by atoms with E-state index in [1.54, 1.807) is 0 Å². The van der Waals surface area contributed by atoms with E-state index in [0.29, 0.717) is 35.6 Å². The van der Waals surface area contributed by atoms with E-state index in [1.165, 1.54) is 6.07 Å². The van der Waals surface area contributed by atoms with Gasteiger partial charge >= 0.3 is 0 Å². The van der Waals surface area contributed by atoms with Crippen LogP contribution in [0, 0.1) is 11.6 Å². The second-order valence-corrected chi connectivity index (χ2v) is 4.72. The largest absolute Gasteiger partial charge is 0.399 e. The van der Waals surface area contributed by atoms with Gasteiger partial charge in [-0.1, -0.05) is 6.58 Å². The smallest absolute Gasteiger partial charge is 0.159 e. The fraction of sp³-hybridized carbons (Fsp3) is 0.214. The SMILES string of the molecule is C=C(N)c1c(-c2ccc(F)c(F)c2)nn2c1CNCC2. The molecule has 1 aliphatic heterocycles. The molecule has 3 rings (SSSR count). The van der Waals surface area contributed by atoms with Crippen molar-refractivity contribution in [1.82, 2.24) is 15.1 Å². The first-order chi connectivity index (χ1) is 9.58. The molecule has 104 valence electrons. The number of hydrogen-bond donors (Lipinski definition) is 2. The van der Waals surface area contributed by atoms with Gasteiger partial charge in [-0.15, -0.1) is 0 Å². The fourth-order valence-electron chi connectivity index (χ4n) is 2.44. The second kappa shape index (κ2) is 4.72. The Balaban J connectivity index is 2.19. The van der Waals surface area contributed by atoms with Gasteiger partial charge in [-0.05, 0) is 18.2 Å². The Kier molecular flexibility index (Phi) is 3.02. The Morgan fingerprint density at radius 3 is 2.85 bits per heavy atom. The minimum atomic E-state index is -0.903. The molecule has 0 bridgehead atoms. The number of halogens is 2. The Bertz CT molecular complexity index is 691. The van der Waals surface area contributed by atoms with Crippen molar-refractivity contribution in [2.75, 3.05) is 6.54 Å². The first-order valence-electron chi connectivity index (χ1n) is 6.28. The van der Waals surface area contributed by atoms with Crippen LogP contribution < -0.4 is 11.1 Å². The molecule has 6 heteroatoms. The lowest BCUT2D eigenvalue weighted by atomic mass is 10.0. The van der Waals surface area contributed by atoms with Gasteiger partial charge in [0.05, 0.1) is 12.2 Å². The zero-order valence-electron chi connectivity index (χ0n) is 10.8. The van der Waals surface area contributed by atoms with Gasteiger partial charge in [-0.25, -0.2) is 8.78 Å². The van der Waals surface area contributed by atoms with E-state index < -0.39 is 11.6 Å². The van der Waals surface area contributed by atoms with Gasteiger partial charge in [-0.3, -0.25) is 4.68 Å². The molecule has 2 heterocycles. The Hall–Kier alpha value is -2.21.